The Bertz CT molecular complexity index is 719. The molecule has 2 rings (SSSR count). The Morgan fingerprint density at radius 3 is 2.58 bits per heavy atom. The first kappa shape index (κ1) is 17.6. The molecule has 0 saturated heterocycles. The molecular weight excluding hydrogens is 322 g/mol. The minimum atomic E-state index is -1.14. The zero-order valence-electron chi connectivity index (χ0n) is 12.8. The summed E-state index contributed by atoms with van der Waals surface area (Å²) in [7, 11) is 0. The number of benzene rings is 1. The van der Waals surface area contributed by atoms with Crippen LogP contribution in [0.2, 0.25) is 0 Å². The van der Waals surface area contributed by atoms with E-state index >= 15 is 0 Å². The fraction of sp³-hybridized carbons (Fsp3) is 0.250. The van der Waals surface area contributed by atoms with Gasteiger partial charge in [0.05, 0.1) is 6.26 Å². The van der Waals surface area contributed by atoms with Gasteiger partial charge in [-0.3, -0.25) is 9.59 Å². The van der Waals surface area contributed by atoms with Gasteiger partial charge in [0.2, 0.25) is 0 Å². The highest BCUT2D eigenvalue weighted by atomic mass is 19.2. The highest BCUT2D eigenvalue weighted by molar-refractivity contribution is 6.39. The molecule has 0 fully saturated rings. The van der Waals surface area contributed by atoms with E-state index in [0.717, 1.165) is 18.2 Å². The molecule has 1 heterocycles. The second-order valence-electron chi connectivity index (χ2n) is 5.22. The van der Waals surface area contributed by atoms with Gasteiger partial charge in [0, 0.05) is 24.2 Å². The summed E-state index contributed by atoms with van der Waals surface area (Å²) in [5.41, 5.74) is -0.0441. The summed E-state index contributed by atoms with van der Waals surface area (Å²) in [4.78, 5) is 23.5. The lowest BCUT2D eigenvalue weighted by molar-refractivity contribution is -0.136. The van der Waals surface area contributed by atoms with E-state index < -0.39 is 35.6 Å². The van der Waals surface area contributed by atoms with Crippen molar-refractivity contribution in [1.29, 1.82) is 0 Å². The Hall–Kier alpha value is -2.74. The van der Waals surface area contributed by atoms with Crippen molar-refractivity contribution in [2.45, 2.75) is 25.5 Å². The average molecular weight is 338 g/mol. The van der Waals surface area contributed by atoms with Crippen LogP contribution in [-0.2, 0) is 9.59 Å². The predicted molar refractivity (Wildman–Crippen MR) is 80.9 cm³/mol. The summed E-state index contributed by atoms with van der Waals surface area (Å²) in [5.74, 6) is -3.83. The van der Waals surface area contributed by atoms with Crippen molar-refractivity contribution in [3.05, 3.63) is 54.0 Å². The summed E-state index contributed by atoms with van der Waals surface area (Å²) in [6, 6.07) is 5.43. The van der Waals surface area contributed by atoms with Crippen molar-refractivity contribution in [1.82, 2.24) is 5.32 Å². The van der Waals surface area contributed by atoms with Crippen LogP contribution in [0.5, 0.6) is 0 Å². The summed E-state index contributed by atoms with van der Waals surface area (Å²) in [6.07, 6.45) is 0.624. The van der Waals surface area contributed by atoms with Gasteiger partial charge in [0.1, 0.15) is 11.9 Å². The number of halogens is 2. The fourth-order valence-electron chi connectivity index (χ4n) is 2.04. The molecule has 0 aliphatic carbocycles. The maximum atomic E-state index is 13.1. The highest BCUT2D eigenvalue weighted by Crippen LogP contribution is 2.18. The van der Waals surface area contributed by atoms with Crippen LogP contribution in [0, 0.1) is 11.6 Å². The number of hydrogen-bond donors (Lipinski definition) is 3. The molecule has 2 unspecified atom stereocenters. The molecule has 2 aromatic rings. The summed E-state index contributed by atoms with van der Waals surface area (Å²) >= 11 is 0. The Morgan fingerprint density at radius 2 is 1.96 bits per heavy atom. The normalized spacial score (nSPS) is 13.2. The third-order valence-corrected chi connectivity index (χ3v) is 3.21. The van der Waals surface area contributed by atoms with E-state index in [-0.39, 0.29) is 12.1 Å². The van der Waals surface area contributed by atoms with Gasteiger partial charge in [0.15, 0.2) is 11.6 Å². The van der Waals surface area contributed by atoms with Crippen LogP contribution >= 0.6 is 0 Å². The monoisotopic (exact) mass is 338 g/mol. The maximum Gasteiger partial charge on any atom is 0.313 e. The van der Waals surface area contributed by atoms with Crippen LogP contribution in [0.25, 0.3) is 0 Å². The molecule has 0 aliphatic rings. The number of rotatable bonds is 5. The third kappa shape index (κ3) is 4.63. The Kier molecular flexibility index (Phi) is 5.64. The standard InChI is InChI=1S/C16H16F2N2O4/c1-9(7-13(21)14-3-2-6-24-14)19-15(22)16(23)20-10-4-5-11(17)12(18)8-10/h2-6,8-9,13,21H,7H2,1H3,(H,19,22)(H,20,23). The number of aliphatic hydroxyl groups is 1. The molecule has 2 atom stereocenters. The topological polar surface area (TPSA) is 91.6 Å². The number of hydrogen-bond acceptors (Lipinski definition) is 4. The molecule has 128 valence electrons. The molecule has 3 N–H and O–H groups in total. The largest absolute Gasteiger partial charge is 0.467 e. The lowest BCUT2D eigenvalue weighted by Gasteiger charge is -2.16. The average Bonchev–Trinajstić information content (AvgIpc) is 3.05. The summed E-state index contributed by atoms with van der Waals surface area (Å²) in [5, 5.41) is 14.5. The maximum absolute atomic E-state index is 13.1. The first-order chi connectivity index (χ1) is 11.4. The van der Waals surface area contributed by atoms with Gasteiger partial charge in [-0.25, -0.2) is 8.78 Å². The van der Waals surface area contributed by atoms with Gasteiger partial charge in [-0.15, -0.1) is 0 Å². The Morgan fingerprint density at radius 1 is 1.21 bits per heavy atom. The smallest absolute Gasteiger partial charge is 0.313 e. The second-order valence-corrected chi connectivity index (χ2v) is 5.22. The zero-order chi connectivity index (χ0) is 17.7. The fourth-order valence-corrected chi connectivity index (χ4v) is 2.04. The van der Waals surface area contributed by atoms with Crippen LogP contribution in [0.15, 0.2) is 41.0 Å². The minimum absolute atomic E-state index is 0.0441. The predicted octanol–water partition coefficient (Wildman–Crippen LogP) is 2.12. The first-order valence-corrected chi connectivity index (χ1v) is 7.15. The number of anilines is 1. The second kappa shape index (κ2) is 7.69. The molecule has 0 bridgehead atoms. The lowest BCUT2D eigenvalue weighted by Crippen LogP contribution is -2.41. The van der Waals surface area contributed by atoms with Gasteiger partial charge in [-0.1, -0.05) is 0 Å². The third-order valence-electron chi connectivity index (χ3n) is 3.21. The van der Waals surface area contributed by atoms with Crippen molar-refractivity contribution in [3.63, 3.8) is 0 Å². The molecule has 6 nitrogen and oxygen atoms in total. The van der Waals surface area contributed by atoms with Gasteiger partial charge >= 0.3 is 11.8 Å². The van der Waals surface area contributed by atoms with Crippen LogP contribution < -0.4 is 10.6 Å². The lowest BCUT2D eigenvalue weighted by atomic mass is 10.1. The molecule has 2 amide bonds. The van der Waals surface area contributed by atoms with E-state index in [9.17, 15) is 23.5 Å². The molecule has 0 aliphatic heterocycles. The number of amides is 2. The van der Waals surface area contributed by atoms with Crippen molar-refractivity contribution in [2.24, 2.45) is 0 Å². The van der Waals surface area contributed by atoms with E-state index in [1.54, 1.807) is 19.1 Å². The molecule has 1 aromatic heterocycles. The number of carbonyl (C=O) groups excluding carboxylic acids is 2. The number of aliphatic hydroxyl groups excluding tert-OH is 1. The van der Waals surface area contributed by atoms with Gasteiger partial charge in [-0.2, -0.15) is 0 Å². The van der Waals surface area contributed by atoms with Crippen molar-refractivity contribution >= 4 is 17.5 Å². The Labute approximate surface area is 136 Å². The van der Waals surface area contributed by atoms with Gasteiger partial charge in [-0.05, 0) is 31.2 Å². The van der Waals surface area contributed by atoms with Crippen LogP contribution in [-0.4, -0.2) is 23.0 Å². The molecule has 0 spiro atoms. The van der Waals surface area contributed by atoms with Crippen molar-refractivity contribution < 1.29 is 27.9 Å². The summed E-state index contributed by atoms with van der Waals surface area (Å²) in [6.45, 7) is 1.61. The molecule has 8 heteroatoms. The van der Waals surface area contributed by atoms with Crippen molar-refractivity contribution in [3.8, 4) is 0 Å². The van der Waals surface area contributed by atoms with Crippen LogP contribution in [0.3, 0.4) is 0 Å². The highest BCUT2D eigenvalue weighted by Gasteiger charge is 2.20. The molecule has 1 aromatic carbocycles. The van der Waals surface area contributed by atoms with Gasteiger partial charge < -0.3 is 20.2 Å². The Balaban J connectivity index is 1.86. The molecule has 24 heavy (non-hydrogen) atoms. The number of nitrogens with one attached hydrogen (secondary N) is 2. The van der Waals surface area contributed by atoms with Crippen LogP contribution in [0.4, 0.5) is 14.5 Å². The van der Waals surface area contributed by atoms with Crippen LogP contribution in [0.1, 0.15) is 25.2 Å². The van der Waals surface area contributed by atoms with E-state index in [0.29, 0.717) is 5.76 Å². The zero-order valence-corrected chi connectivity index (χ0v) is 12.8. The van der Waals surface area contributed by atoms with E-state index in [2.05, 4.69) is 10.6 Å². The van der Waals surface area contributed by atoms with E-state index in [1.165, 1.54) is 6.26 Å². The molecular formula is C16H16F2N2O4. The minimum Gasteiger partial charge on any atom is -0.467 e. The SMILES string of the molecule is CC(CC(O)c1ccco1)NC(=O)C(=O)Nc1ccc(F)c(F)c1. The first-order valence-electron chi connectivity index (χ1n) is 7.15. The molecule has 0 saturated carbocycles. The summed E-state index contributed by atoms with van der Waals surface area (Å²) < 4.78 is 30.9. The van der Waals surface area contributed by atoms with E-state index in [1.807, 2.05) is 0 Å². The van der Waals surface area contributed by atoms with Gasteiger partial charge in [0.25, 0.3) is 0 Å². The number of carbonyl (C=O) groups is 2. The van der Waals surface area contributed by atoms with E-state index in [4.69, 9.17) is 4.42 Å². The number of furan rings is 1. The quantitative estimate of drug-likeness (QED) is 0.728. The van der Waals surface area contributed by atoms with Crippen molar-refractivity contribution in [2.75, 3.05) is 5.32 Å². The molecule has 0 radical (unpaired) electrons.